The van der Waals surface area contributed by atoms with Gasteiger partial charge in [-0.2, -0.15) is 0 Å². The molecule has 1 aliphatic rings. The highest BCUT2D eigenvalue weighted by atomic mass is 32.1. The molecule has 0 spiro atoms. The summed E-state index contributed by atoms with van der Waals surface area (Å²) < 4.78 is 11.7. The molecule has 0 bridgehead atoms. The summed E-state index contributed by atoms with van der Waals surface area (Å²) in [5.74, 6) is 1.80. The van der Waals surface area contributed by atoms with E-state index < -0.39 is 0 Å². The lowest BCUT2D eigenvalue weighted by Crippen LogP contribution is -2.35. The Morgan fingerprint density at radius 1 is 1.12 bits per heavy atom. The Morgan fingerprint density at radius 3 is 2.70 bits per heavy atom. The maximum absolute atomic E-state index is 13.0. The standard InChI is InChI=1S/C26H33N3O3S/c1-19-8-5-6-9-22(19)31-17-21-10-11-23(32-21)24(30)29-13-7-12-28(14-15-29)16-20-18-33-25(27-20)26(2,3)4/h5-6,8-11,18H,7,12-17H2,1-4H3. The molecule has 176 valence electrons. The average Bonchev–Trinajstić information content (AvgIpc) is 3.39. The minimum absolute atomic E-state index is 0.0531. The zero-order valence-electron chi connectivity index (χ0n) is 20.0. The Kier molecular flexibility index (Phi) is 7.20. The van der Waals surface area contributed by atoms with Crippen molar-refractivity contribution in [3.05, 3.63) is 69.6 Å². The predicted octanol–water partition coefficient (Wildman–Crippen LogP) is 5.27. The molecule has 6 nitrogen and oxygen atoms in total. The van der Waals surface area contributed by atoms with Gasteiger partial charge in [-0.25, -0.2) is 4.98 Å². The van der Waals surface area contributed by atoms with Crippen molar-refractivity contribution < 1.29 is 13.9 Å². The first kappa shape index (κ1) is 23.5. The smallest absolute Gasteiger partial charge is 0.289 e. The molecule has 0 radical (unpaired) electrons. The van der Waals surface area contributed by atoms with E-state index in [9.17, 15) is 4.79 Å². The quantitative estimate of drug-likeness (QED) is 0.494. The van der Waals surface area contributed by atoms with E-state index in [1.807, 2.05) is 42.2 Å². The number of ether oxygens (including phenoxy) is 1. The second-order valence-electron chi connectivity index (χ2n) is 9.64. The molecule has 1 amide bonds. The van der Waals surface area contributed by atoms with Crippen molar-refractivity contribution in [1.29, 1.82) is 0 Å². The fourth-order valence-electron chi connectivity index (χ4n) is 3.88. The minimum atomic E-state index is -0.0531. The van der Waals surface area contributed by atoms with Gasteiger partial charge in [0.25, 0.3) is 5.91 Å². The number of aryl methyl sites for hydroxylation is 1. The summed E-state index contributed by atoms with van der Waals surface area (Å²) in [6, 6.07) is 11.4. The Balaban J connectivity index is 1.30. The van der Waals surface area contributed by atoms with Crippen molar-refractivity contribution in [3.8, 4) is 5.75 Å². The lowest BCUT2D eigenvalue weighted by molar-refractivity contribution is 0.0725. The van der Waals surface area contributed by atoms with Crippen LogP contribution in [-0.2, 0) is 18.6 Å². The van der Waals surface area contributed by atoms with Gasteiger partial charge in [0.05, 0.1) is 10.7 Å². The predicted molar refractivity (Wildman–Crippen MR) is 131 cm³/mol. The van der Waals surface area contributed by atoms with Crippen LogP contribution in [0.15, 0.2) is 46.2 Å². The van der Waals surface area contributed by atoms with Gasteiger partial charge in [0.1, 0.15) is 18.1 Å². The fraction of sp³-hybridized carbons (Fsp3) is 0.462. The number of aromatic nitrogens is 1. The monoisotopic (exact) mass is 467 g/mol. The summed E-state index contributed by atoms with van der Waals surface area (Å²) in [6.45, 7) is 12.9. The third kappa shape index (κ3) is 6.03. The Hall–Kier alpha value is -2.64. The number of benzene rings is 1. The van der Waals surface area contributed by atoms with Gasteiger partial charge >= 0.3 is 0 Å². The highest BCUT2D eigenvalue weighted by Crippen LogP contribution is 2.26. The van der Waals surface area contributed by atoms with Crippen molar-refractivity contribution >= 4 is 17.2 Å². The fourth-order valence-corrected chi connectivity index (χ4v) is 4.78. The van der Waals surface area contributed by atoms with Crippen LogP contribution in [0.3, 0.4) is 0 Å². The number of para-hydroxylation sites is 1. The lowest BCUT2D eigenvalue weighted by atomic mass is 9.98. The molecular formula is C26H33N3O3S. The molecule has 0 N–H and O–H groups in total. The largest absolute Gasteiger partial charge is 0.485 e. The van der Waals surface area contributed by atoms with E-state index in [4.69, 9.17) is 14.1 Å². The molecule has 1 aromatic carbocycles. The summed E-state index contributed by atoms with van der Waals surface area (Å²) in [5.41, 5.74) is 2.27. The van der Waals surface area contributed by atoms with Crippen molar-refractivity contribution in [1.82, 2.24) is 14.8 Å². The van der Waals surface area contributed by atoms with E-state index >= 15 is 0 Å². The summed E-state index contributed by atoms with van der Waals surface area (Å²) in [7, 11) is 0. The first-order valence-electron chi connectivity index (χ1n) is 11.5. The van der Waals surface area contributed by atoms with E-state index in [0.29, 0.717) is 24.7 Å². The molecule has 1 fully saturated rings. The summed E-state index contributed by atoms with van der Waals surface area (Å²) >= 11 is 1.73. The molecular weight excluding hydrogens is 434 g/mol. The number of carbonyl (C=O) groups excluding carboxylic acids is 1. The van der Waals surface area contributed by atoms with Crippen LogP contribution in [0.4, 0.5) is 0 Å². The molecule has 0 atom stereocenters. The second-order valence-corrected chi connectivity index (χ2v) is 10.5. The molecule has 3 heterocycles. The SMILES string of the molecule is Cc1ccccc1OCc1ccc(C(=O)N2CCCN(Cc3csc(C(C)(C)C)n3)CC2)o1. The molecule has 0 unspecified atom stereocenters. The molecule has 33 heavy (non-hydrogen) atoms. The molecule has 1 saturated heterocycles. The first-order chi connectivity index (χ1) is 15.8. The van der Waals surface area contributed by atoms with Crippen LogP contribution in [0, 0.1) is 6.92 Å². The van der Waals surface area contributed by atoms with Gasteiger partial charge < -0.3 is 14.1 Å². The van der Waals surface area contributed by atoms with Gasteiger partial charge in [-0.05, 0) is 37.1 Å². The zero-order chi connectivity index (χ0) is 23.4. The number of hydrogen-bond donors (Lipinski definition) is 0. The number of furan rings is 1. The average molecular weight is 468 g/mol. The lowest BCUT2D eigenvalue weighted by Gasteiger charge is -2.21. The topological polar surface area (TPSA) is 58.8 Å². The number of hydrogen-bond acceptors (Lipinski definition) is 6. The normalized spacial score (nSPS) is 15.5. The zero-order valence-corrected chi connectivity index (χ0v) is 20.8. The Morgan fingerprint density at radius 2 is 1.94 bits per heavy atom. The summed E-state index contributed by atoms with van der Waals surface area (Å²) in [6.07, 6.45) is 0.936. The number of amides is 1. The number of carbonyl (C=O) groups is 1. The van der Waals surface area contributed by atoms with Crippen molar-refractivity contribution in [2.45, 2.75) is 52.7 Å². The number of nitrogens with zero attached hydrogens (tertiary/aromatic N) is 3. The maximum atomic E-state index is 13.0. The molecule has 0 saturated carbocycles. The van der Waals surface area contributed by atoms with Crippen molar-refractivity contribution in [3.63, 3.8) is 0 Å². The van der Waals surface area contributed by atoms with Gasteiger partial charge in [0.15, 0.2) is 5.76 Å². The Labute approximate surface area is 200 Å². The van der Waals surface area contributed by atoms with Crippen LogP contribution >= 0.6 is 11.3 Å². The van der Waals surface area contributed by atoms with E-state index in [1.165, 1.54) is 5.01 Å². The van der Waals surface area contributed by atoms with E-state index in [-0.39, 0.29) is 11.3 Å². The molecule has 7 heteroatoms. The van der Waals surface area contributed by atoms with Gasteiger partial charge in [-0.1, -0.05) is 39.0 Å². The van der Waals surface area contributed by atoms with Gasteiger partial charge in [0.2, 0.25) is 0 Å². The van der Waals surface area contributed by atoms with Crippen molar-refractivity contribution in [2.75, 3.05) is 26.2 Å². The number of thiazole rings is 1. The third-order valence-corrected chi connectivity index (χ3v) is 7.11. The Bertz CT molecular complexity index is 1080. The summed E-state index contributed by atoms with van der Waals surface area (Å²) in [5, 5.41) is 3.33. The maximum Gasteiger partial charge on any atom is 0.289 e. The van der Waals surface area contributed by atoms with E-state index in [0.717, 1.165) is 49.6 Å². The van der Waals surface area contributed by atoms with Crippen LogP contribution in [0.25, 0.3) is 0 Å². The van der Waals surface area contributed by atoms with Crippen molar-refractivity contribution in [2.24, 2.45) is 0 Å². The van der Waals surface area contributed by atoms with Crippen LogP contribution < -0.4 is 4.74 Å². The van der Waals surface area contributed by atoms with Gasteiger partial charge in [-0.3, -0.25) is 9.69 Å². The molecule has 1 aliphatic heterocycles. The van der Waals surface area contributed by atoms with Crippen LogP contribution in [-0.4, -0.2) is 46.9 Å². The van der Waals surface area contributed by atoms with E-state index in [2.05, 4.69) is 31.1 Å². The third-order valence-electron chi connectivity index (χ3n) is 5.79. The first-order valence-corrected chi connectivity index (χ1v) is 12.4. The van der Waals surface area contributed by atoms with Crippen LogP contribution in [0.2, 0.25) is 0 Å². The molecule has 0 aliphatic carbocycles. The summed E-state index contributed by atoms with van der Waals surface area (Å²) in [4.78, 5) is 22.1. The molecule has 2 aromatic heterocycles. The van der Waals surface area contributed by atoms with Crippen LogP contribution in [0.1, 0.15) is 59.8 Å². The van der Waals surface area contributed by atoms with Gasteiger partial charge in [-0.15, -0.1) is 11.3 Å². The van der Waals surface area contributed by atoms with Gasteiger partial charge in [0, 0.05) is 43.5 Å². The highest BCUT2D eigenvalue weighted by molar-refractivity contribution is 7.09. The number of rotatable bonds is 6. The minimum Gasteiger partial charge on any atom is -0.485 e. The highest BCUT2D eigenvalue weighted by Gasteiger charge is 2.24. The van der Waals surface area contributed by atoms with E-state index in [1.54, 1.807) is 17.4 Å². The van der Waals surface area contributed by atoms with Crippen LogP contribution in [0.5, 0.6) is 5.75 Å². The molecule has 4 rings (SSSR count). The second kappa shape index (κ2) is 10.1. The molecule has 3 aromatic rings.